The minimum atomic E-state index is -0.899. The van der Waals surface area contributed by atoms with Gasteiger partial charge < -0.3 is 16.2 Å². The molecular formula is C12H15Cl2N3O3. The lowest BCUT2D eigenvalue weighted by Crippen LogP contribution is -2.40. The smallest absolute Gasteiger partial charge is 0.417 e. The number of hydrogen-bond donors (Lipinski definition) is 2. The minimum Gasteiger partial charge on any atom is -0.447 e. The molecule has 0 unspecified atom stereocenters. The maximum atomic E-state index is 11.4. The molecule has 3 amide bonds. The Kier molecular flexibility index (Phi) is 6.06. The average Bonchev–Trinajstić information content (AvgIpc) is 2.38. The normalized spacial score (nSPS) is 11.8. The van der Waals surface area contributed by atoms with Gasteiger partial charge in [-0.2, -0.15) is 0 Å². The average molecular weight is 320 g/mol. The van der Waals surface area contributed by atoms with Crippen LogP contribution in [0.5, 0.6) is 0 Å². The van der Waals surface area contributed by atoms with Gasteiger partial charge in [0.2, 0.25) is 0 Å². The van der Waals surface area contributed by atoms with Crippen LogP contribution in [-0.4, -0.2) is 36.7 Å². The van der Waals surface area contributed by atoms with Crippen molar-refractivity contribution in [2.45, 2.75) is 12.5 Å². The molecule has 1 atom stereocenters. The van der Waals surface area contributed by atoms with Gasteiger partial charge in [-0.05, 0) is 24.1 Å². The first kappa shape index (κ1) is 16.6. The van der Waals surface area contributed by atoms with Crippen molar-refractivity contribution in [1.29, 1.82) is 0 Å². The fraction of sp³-hybridized carbons (Fsp3) is 0.333. The van der Waals surface area contributed by atoms with Crippen LogP contribution in [0.1, 0.15) is 5.56 Å². The lowest BCUT2D eigenvalue weighted by molar-refractivity contribution is 0.112. The van der Waals surface area contributed by atoms with Gasteiger partial charge in [0.05, 0.1) is 0 Å². The van der Waals surface area contributed by atoms with E-state index in [4.69, 9.17) is 39.4 Å². The summed E-state index contributed by atoms with van der Waals surface area (Å²) in [4.78, 5) is 22.8. The number of carbonyl (C=O) groups is 2. The van der Waals surface area contributed by atoms with Crippen molar-refractivity contribution in [3.05, 3.63) is 33.8 Å². The highest BCUT2D eigenvalue weighted by molar-refractivity contribution is 6.35. The number of rotatable bonds is 4. The van der Waals surface area contributed by atoms with E-state index >= 15 is 0 Å². The molecule has 110 valence electrons. The number of hydrogen-bond acceptors (Lipinski definition) is 4. The van der Waals surface area contributed by atoms with Gasteiger partial charge >= 0.3 is 12.1 Å². The number of halogens is 2. The molecule has 8 heteroatoms. The number of carbonyl (C=O) groups excluding carboxylic acids is 2. The predicted molar refractivity (Wildman–Crippen MR) is 76.8 cm³/mol. The van der Waals surface area contributed by atoms with Gasteiger partial charge in [-0.3, -0.25) is 0 Å². The number of amides is 3. The van der Waals surface area contributed by atoms with Crippen LogP contribution in [-0.2, 0) is 11.2 Å². The summed E-state index contributed by atoms with van der Waals surface area (Å²) in [6.45, 7) is -0.0601. The Hall–Kier alpha value is -1.50. The van der Waals surface area contributed by atoms with Crippen molar-refractivity contribution in [3.63, 3.8) is 0 Å². The van der Waals surface area contributed by atoms with Crippen LogP contribution in [0.15, 0.2) is 18.2 Å². The number of primary amides is 1. The molecule has 0 radical (unpaired) electrons. The zero-order valence-electron chi connectivity index (χ0n) is 10.8. The van der Waals surface area contributed by atoms with Crippen molar-refractivity contribution in [3.8, 4) is 0 Å². The topological polar surface area (TPSA) is 98.6 Å². The van der Waals surface area contributed by atoms with Crippen molar-refractivity contribution in [2.75, 3.05) is 13.7 Å². The van der Waals surface area contributed by atoms with E-state index in [2.05, 4.69) is 0 Å². The van der Waals surface area contributed by atoms with Crippen LogP contribution in [0.2, 0.25) is 10.0 Å². The monoisotopic (exact) mass is 319 g/mol. The number of urea groups is 1. The van der Waals surface area contributed by atoms with Gasteiger partial charge in [0.25, 0.3) is 0 Å². The Morgan fingerprint density at radius 1 is 1.40 bits per heavy atom. The molecule has 20 heavy (non-hydrogen) atoms. The highest BCUT2D eigenvalue weighted by Crippen LogP contribution is 2.21. The molecule has 0 aliphatic carbocycles. The molecule has 0 aliphatic rings. The minimum absolute atomic E-state index is 0.0601. The second-order valence-corrected chi connectivity index (χ2v) is 5.02. The summed E-state index contributed by atoms with van der Waals surface area (Å²) < 4.78 is 4.85. The summed E-state index contributed by atoms with van der Waals surface area (Å²) in [6.07, 6.45) is -0.445. The van der Waals surface area contributed by atoms with E-state index in [1.165, 1.54) is 7.05 Å². The van der Waals surface area contributed by atoms with Gasteiger partial charge in [-0.25, -0.2) is 14.5 Å². The van der Waals surface area contributed by atoms with Crippen LogP contribution < -0.4 is 11.5 Å². The summed E-state index contributed by atoms with van der Waals surface area (Å²) in [5.41, 5.74) is 11.6. The third-order valence-corrected chi connectivity index (χ3v) is 3.11. The Labute approximate surface area is 126 Å². The Morgan fingerprint density at radius 3 is 2.60 bits per heavy atom. The van der Waals surface area contributed by atoms with Gasteiger partial charge in [0.15, 0.2) is 0 Å². The molecule has 6 nitrogen and oxygen atoms in total. The lowest BCUT2D eigenvalue weighted by Gasteiger charge is -2.16. The first-order valence-electron chi connectivity index (χ1n) is 5.70. The zero-order valence-corrected chi connectivity index (χ0v) is 12.3. The molecule has 4 N–H and O–H groups in total. The molecule has 0 aliphatic heterocycles. The van der Waals surface area contributed by atoms with Gasteiger partial charge in [0, 0.05) is 23.1 Å². The van der Waals surface area contributed by atoms with E-state index in [-0.39, 0.29) is 6.61 Å². The van der Waals surface area contributed by atoms with Gasteiger partial charge in [0.1, 0.15) is 6.61 Å². The molecule has 1 rings (SSSR count). The molecule has 0 spiro atoms. The molecule has 1 aromatic rings. The van der Waals surface area contributed by atoms with E-state index < -0.39 is 18.2 Å². The third-order valence-electron chi connectivity index (χ3n) is 2.52. The maximum absolute atomic E-state index is 11.4. The third kappa shape index (κ3) is 4.88. The van der Waals surface area contributed by atoms with Crippen LogP contribution in [0.4, 0.5) is 9.59 Å². The van der Waals surface area contributed by atoms with E-state index in [1.54, 1.807) is 18.2 Å². The fourth-order valence-electron chi connectivity index (χ4n) is 1.39. The Bertz CT molecular complexity index is 511. The predicted octanol–water partition coefficient (Wildman–Crippen LogP) is 2.01. The van der Waals surface area contributed by atoms with Crippen LogP contribution >= 0.6 is 23.2 Å². The fourth-order valence-corrected chi connectivity index (χ4v) is 1.88. The van der Waals surface area contributed by atoms with Crippen molar-refractivity contribution >= 4 is 35.3 Å². The number of ether oxygens (including phenoxy) is 1. The zero-order chi connectivity index (χ0) is 15.3. The van der Waals surface area contributed by atoms with Crippen LogP contribution in [0, 0.1) is 0 Å². The quantitative estimate of drug-likeness (QED) is 0.886. The summed E-state index contributed by atoms with van der Waals surface area (Å²) >= 11 is 11.8. The Balaban J connectivity index is 2.50. The highest BCUT2D eigenvalue weighted by Gasteiger charge is 2.17. The van der Waals surface area contributed by atoms with E-state index in [1.807, 2.05) is 0 Å². The van der Waals surface area contributed by atoms with E-state index in [0.717, 1.165) is 5.56 Å². The lowest BCUT2D eigenvalue weighted by atomic mass is 10.1. The highest BCUT2D eigenvalue weighted by atomic mass is 35.5. The number of benzene rings is 1. The first-order chi connectivity index (χ1) is 9.31. The number of imide groups is 1. The van der Waals surface area contributed by atoms with Crippen molar-refractivity contribution < 1.29 is 14.3 Å². The van der Waals surface area contributed by atoms with Gasteiger partial charge in [-0.15, -0.1) is 0 Å². The largest absolute Gasteiger partial charge is 0.447 e. The van der Waals surface area contributed by atoms with Crippen LogP contribution in [0.3, 0.4) is 0 Å². The molecule has 0 heterocycles. The SMILES string of the molecule is CN(C(N)=O)C(=O)OC[C@H](N)Cc1ccc(Cl)cc1Cl. The summed E-state index contributed by atoms with van der Waals surface area (Å²) in [7, 11) is 1.21. The molecule has 1 aromatic carbocycles. The number of nitrogens with two attached hydrogens (primary N) is 2. The first-order valence-corrected chi connectivity index (χ1v) is 6.46. The van der Waals surface area contributed by atoms with Crippen LogP contribution in [0.25, 0.3) is 0 Å². The van der Waals surface area contributed by atoms with E-state index in [0.29, 0.717) is 21.4 Å². The molecule has 0 bridgehead atoms. The Morgan fingerprint density at radius 2 is 2.05 bits per heavy atom. The molecule has 0 saturated heterocycles. The van der Waals surface area contributed by atoms with Gasteiger partial charge in [-0.1, -0.05) is 29.3 Å². The van der Waals surface area contributed by atoms with Crippen molar-refractivity contribution in [2.24, 2.45) is 11.5 Å². The van der Waals surface area contributed by atoms with Crippen molar-refractivity contribution in [1.82, 2.24) is 4.90 Å². The summed E-state index contributed by atoms with van der Waals surface area (Å²) in [6, 6.07) is 3.70. The molecule has 0 fully saturated rings. The second kappa shape index (κ2) is 7.33. The van der Waals surface area contributed by atoms with E-state index in [9.17, 15) is 9.59 Å². The molecule has 0 saturated carbocycles. The standard InChI is InChI=1S/C12H15Cl2N3O3/c1-17(11(16)18)12(19)20-6-9(15)4-7-2-3-8(13)5-10(7)14/h2-3,5,9H,4,6,15H2,1H3,(H2,16,18)/t9-/m1/s1. The molecule has 0 aromatic heterocycles. The summed E-state index contributed by atoms with van der Waals surface area (Å²) in [5.74, 6) is 0. The number of nitrogens with zero attached hydrogens (tertiary/aromatic N) is 1. The maximum Gasteiger partial charge on any atom is 0.417 e. The second-order valence-electron chi connectivity index (χ2n) is 4.17. The molecular weight excluding hydrogens is 305 g/mol. The summed E-state index contributed by atoms with van der Waals surface area (Å²) in [5, 5.41) is 1.02.